The van der Waals surface area contributed by atoms with Crippen molar-refractivity contribution in [1.82, 2.24) is 4.90 Å². The molecule has 2 aromatic rings. The molecule has 0 aromatic heterocycles. The van der Waals surface area contributed by atoms with Crippen LogP contribution in [-0.4, -0.2) is 42.6 Å². The van der Waals surface area contributed by atoms with Gasteiger partial charge < -0.3 is 20.9 Å². The fraction of sp³-hybridized carbons (Fsp3) is 0.360. The molecule has 4 rings (SSSR count). The Morgan fingerprint density at radius 3 is 2.42 bits per heavy atom. The molecular formula is C25H30Cl2FN5. The predicted molar refractivity (Wildman–Crippen MR) is 137 cm³/mol. The molecule has 1 fully saturated rings. The molecule has 0 radical (unpaired) electrons. The molecule has 8 heteroatoms. The van der Waals surface area contributed by atoms with Gasteiger partial charge in [-0.3, -0.25) is 4.99 Å². The fourth-order valence-corrected chi connectivity index (χ4v) is 4.43. The summed E-state index contributed by atoms with van der Waals surface area (Å²) in [5.74, 6) is -0.176. The van der Waals surface area contributed by atoms with Crippen molar-refractivity contribution in [2.45, 2.75) is 33.2 Å². The second-order valence-electron chi connectivity index (χ2n) is 7.69. The quantitative estimate of drug-likeness (QED) is 0.406. The molecule has 0 saturated carbocycles. The van der Waals surface area contributed by atoms with Crippen LogP contribution in [0, 0.1) is 11.2 Å². The first-order chi connectivity index (χ1) is 15.9. The number of nitrogens with zero attached hydrogens (tertiary/aromatic N) is 3. The average molecular weight is 490 g/mol. The SMILES string of the molecule is CC.N=C(/C=C1\C(N)=NCCN1Cc1c(Cl)ccc(F)c1Cl)c1ccc(N2CCCC2)cc1. The Labute approximate surface area is 205 Å². The van der Waals surface area contributed by atoms with E-state index < -0.39 is 5.82 Å². The zero-order valence-electron chi connectivity index (χ0n) is 19.0. The molecule has 0 bridgehead atoms. The lowest BCUT2D eigenvalue weighted by Crippen LogP contribution is -2.38. The van der Waals surface area contributed by atoms with Crippen molar-refractivity contribution in [3.63, 3.8) is 0 Å². The number of aliphatic imine (C=N–C) groups is 1. The van der Waals surface area contributed by atoms with Gasteiger partial charge in [-0.15, -0.1) is 0 Å². The molecule has 2 aliphatic rings. The number of benzene rings is 2. The maximum Gasteiger partial charge on any atom is 0.142 e. The minimum Gasteiger partial charge on any atom is -0.382 e. The highest BCUT2D eigenvalue weighted by molar-refractivity contribution is 6.36. The molecule has 2 aliphatic heterocycles. The van der Waals surface area contributed by atoms with Gasteiger partial charge in [0.05, 0.1) is 23.0 Å². The third kappa shape index (κ3) is 5.87. The highest BCUT2D eigenvalue weighted by Gasteiger charge is 2.22. The first-order valence-electron chi connectivity index (χ1n) is 11.3. The monoisotopic (exact) mass is 489 g/mol. The molecule has 2 heterocycles. The van der Waals surface area contributed by atoms with Crippen LogP contribution in [0.4, 0.5) is 10.1 Å². The Morgan fingerprint density at radius 2 is 1.76 bits per heavy atom. The normalized spacial score (nSPS) is 17.0. The van der Waals surface area contributed by atoms with Crippen LogP contribution in [-0.2, 0) is 6.54 Å². The van der Waals surface area contributed by atoms with Crippen molar-refractivity contribution in [3.05, 3.63) is 75.2 Å². The molecule has 0 unspecified atom stereocenters. The lowest BCUT2D eigenvalue weighted by Gasteiger charge is -2.30. The van der Waals surface area contributed by atoms with Crippen LogP contribution in [0.25, 0.3) is 0 Å². The van der Waals surface area contributed by atoms with Crippen LogP contribution in [0.3, 0.4) is 0 Å². The van der Waals surface area contributed by atoms with E-state index in [9.17, 15) is 4.39 Å². The molecule has 1 saturated heterocycles. The summed E-state index contributed by atoms with van der Waals surface area (Å²) < 4.78 is 14.0. The summed E-state index contributed by atoms with van der Waals surface area (Å²) in [6.45, 7) is 7.50. The number of rotatable bonds is 5. The summed E-state index contributed by atoms with van der Waals surface area (Å²) in [4.78, 5) is 8.61. The summed E-state index contributed by atoms with van der Waals surface area (Å²) in [6.07, 6.45) is 4.14. The molecule has 33 heavy (non-hydrogen) atoms. The van der Waals surface area contributed by atoms with Gasteiger partial charge in [0.15, 0.2) is 0 Å². The summed E-state index contributed by atoms with van der Waals surface area (Å²) in [5.41, 5.74) is 9.55. The van der Waals surface area contributed by atoms with Gasteiger partial charge in [-0.1, -0.05) is 49.2 Å². The number of anilines is 1. The van der Waals surface area contributed by atoms with Crippen LogP contribution in [0.5, 0.6) is 0 Å². The summed E-state index contributed by atoms with van der Waals surface area (Å²) in [7, 11) is 0. The summed E-state index contributed by atoms with van der Waals surface area (Å²) >= 11 is 12.4. The van der Waals surface area contributed by atoms with Crippen LogP contribution in [0.2, 0.25) is 10.0 Å². The standard InChI is InChI=1S/C23H24Cl2FN5.C2H6/c24-18-7-8-19(26)22(25)17(18)14-31-12-9-29-23(28)21(31)13-20(27)15-3-5-16(6-4-15)30-10-1-2-11-30;1-2/h3-8,13,27H,1-2,9-12,14H2,(H2,28,29);1-2H3/b21-13+,27-20?;. The molecule has 0 atom stereocenters. The number of halogens is 3. The number of amidine groups is 1. The van der Waals surface area contributed by atoms with E-state index in [1.807, 2.05) is 30.9 Å². The number of nitrogens with two attached hydrogens (primary N) is 1. The molecular weight excluding hydrogens is 460 g/mol. The fourth-order valence-electron chi connectivity index (χ4n) is 3.94. The molecule has 0 spiro atoms. The van der Waals surface area contributed by atoms with E-state index in [1.165, 1.54) is 30.7 Å². The number of allylic oxidation sites excluding steroid dienone is 1. The van der Waals surface area contributed by atoms with Gasteiger partial charge in [0.2, 0.25) is 0 Å². The molecule has 3 N–H and O–H groups in total. The Hall–Kier alpha value is -2.57. The van der Waals surface area contributed by atoms with Crippen LogP contribution in [0.1, 0.15) is 37.8 Å². The first-order valence-corrected chi connectivity index (χ1v) is 12.0. The van der Waals surface area contributed by atoms with E-state index in [2.05, 4.69) is 22.0 Å². The first kappa shape index (κ1) is 25.1. The zero-order chi connectivity index (χ0) is 24.0. The molecule has 0 amide bonds. The topological polar surface area (TPSA) is 68.7 Å². The molecule has 0 aliphatic carbocycles. The van der Waals surface area contributed by atoms with Gasteiger partial charge in [0.1, 0.15) is 11.7 Å². The number of hydrogen-bond acceptors (Lipinski definition) is 5. The van der Waals surface area contributed by atoms with E-state index in [4.69, 9.17) is 34.3 Å². The van der Waals surface area contributed by atoms with Gasteiger partial charge in [0.25, 0.3) is 0 Å². The third-order valence-corrected chi connectivity index (χ3v) is 6.44. The zero-order valence-corrected chi connectivity index (χ0v) is 20.6. The van der Waals surface area contributed by atoms with Crippen molar-refractivity contribution in [1.29, 1.82) is 5.41 Å². The van der Waals surface area contributed by atoms with Crippen molar-refractivity contribution in [2.24, 2.45) is 10.7 Å². The van der Waals surface area contributed by atoms with E-state index in [0.717, 1.165) is 18.7 Å². The Bertz CT molecular complexity index is 1040. The second kappa shape index (κ2) is 11.5. The van der Waals surface area contributed by atoms with Crippen molar-refractivity contribution < 1.29 is 4.39 Å². The van der Waals surface area contributed by atoms with Gasteiger partial charge in [-0.2, -0.15) is 0 Å². The molecule has 2 aromatic carbocycles. The van der Waals surface area contributed by atoms with Crippen molar-refractivity contribution in [2.75, 3.05) is 31.1 Å². The Morgan fingerprint density at radius 1 is 1.09 bits per heavy atom. The van der Waals surface area contributed by atoms with E-state index in [1.54, 1.807) is 6.08 Å². The maximum absolute atomic E-state index is 14.0. The second-order valence-corrected chi connectivity index (χ2v) is 8.48. The highest BCUT2D eigenvalue weighted by Crippen LogP contribution is 2.30. The largest absolute Gasteiger partial charge is 0.382 e. The van der Waals surface area contributed by atoms with Crippen molar-refractivity contribution >= 4 is 40.4 Å². The Balaban J connectivity index is 0.00000149. The van der Waals surface area contributed by atoms with Gasteiger partial charge in [-0.25, -0.2) is 4.39 Å². The lowest BCUT2D eigenvalue weighted by molar-refractivity contribution is 0.352. The number of nitrogens with one attached hydrogen (secondary N) is 1. The smallest absolute Gasteiger partial charge is 0.142 e. The average Bonchev–Trinajstić information content (AvgIpc) is 3.38. The Kier molecular flexibility index (Phi) is 8.75. The van der Waals surface area contributed by atoms with Crippen LogP contribution < -0.4 is 10.6 Å². The van der Waals surface area contributed by atoms with E-state index in [0.29, 0.717) is 40.9 Å². The third-order valence-electron chi connectivity index (χ3n) is 5.67. The molecule has 176 valence electrons. The van der Waals surface area contributed by atoms with Crippen LogP contribution >= 0.6 is 23.2 Å². The highest BCUT2D eigenvalue weighted by atomic mass is 35.5. The van der Waals surface area contributed by atoms with Gasteiger partial charge in [-0.05, 0) is 48.7 Å². The minimum absolute atomic E-state index is 0.000474. The minimum atomic E-state index is -0.518. The van der Waals surface area contributed by atoms with E-state index >= 15 is 0 Å². The van der Waals surface area contributed by atoms with Gasteiger partial charge in [0, 0.05) is 42.5 Å². The predicted octanol–water partition coefficient (Wildman–Crippen LogP) is 5.88. The van der Waals surface area contributed by atoms with Crippen molar-refractivity contribution in [3.8, 4) is 0 Å². The van der Waals surface area contributed by atoms with Crippen LogP contribution in [0.15, 0.2) is 53.2 Å². The van der Waals surface area contributed by atoms with E-state index in [-0.39, 0.29) is 11.6 Å². The van der Waals surface area contributed by atoms with Gasteiger partial charge >= 0.3 is 0 Å². The number of hydrogen-bond donors (Lipinski definition) is 2. The lowest BCUT2D eigenvalue weighted by atomic mass is 10.1. The molecule has 5 nitrogen and oxygen atoms in total. The summed E-state index contributed by atoms with van der Waals surface area (Å²) in [6, 6.07) is 10.7. The maximum atomic E-state index is 14.0. The summed E-state index contributed by atoms with van der Waals surface area (Å²) in [5, 5.41) is 8.97.